The van der Waals surface area contributed by atoms with Crippen LogP contribution in [-0.2, 0) is 12.7 Å². The highest BCUT2D eigenvalue weighted by Gasteiger charge is 2.36. The molecule has 156 valence electrons. The van der Waals surface area contributed by atoms with E-state index in [1.807, 2.05) is 0 Å². The minimum absolute atomic E-state index is 0.154. The van der Waals surface area contributed by atoms with Gasteiger partial charge in [-0.25, -0.2) is 4.85 Å². The van der Waals surface area contributed by atoms with Crippen LogP contribution in [0.3, 0.4) is 0 Å². The van der Waals surface area contributed by atoms with Gasteiger partial charge in [0.1, 0.15) is 18.1 Å². The molecule has 0 spiro atoms. The molecule has 30 heavy (non-hydrogen) atoms. The molecule has 0 aliphatic heterocycles. The second-order valence-electron chi connectivity index (χ2n) is 6.41. The number of furan rings is 1. The van der Waals surface area contributed by atoms with Crippen molar-refractivity contribution in [2.75, 3.05) is 11.4 Å². The van der Waals surface area contributed by atoms with Crippen molar-refractivity contribution in [2.45, 2.75) is 18.9 Å². The van der Waals surface area contributed by atoms with E-state index in [9.17, 15) is 26.3 Å². The molecule has 3 rings (SSSR count). The standard InChI is InChI=1S/C21H14F6N2O/c1-28-18-9-7-15(11-17(18)21(25,26)27)29(13-20(22,23)24)12-16-8-10-19(30-16)14-5-3-2-4-6-14/h2-11H,12-13H2. The molecule has 0 radical (unpaired) electrons. The van der Waals surface area contributed by atoms with E-state index >= 15 is 0 Å². The summed E-state index contributed by atoms with van der Waals surface area (Å²) in [4.78, 5) is 3.54. The number of hydrogen-bond acceptors (Lipinski definition) is 2. The van der Waals surface area contributed by atoms with Crippen molar-refractivity contribution in [3.8, 4) is 11.3 Å². The van der Waals surface area contributed by atoms with Crippen LogP contribution in [0.15, 0.2) is 65.1 Å². The van der Waals surface area contributed by atoms with Crippen LogP contribution >= 0.6 is 0 Å². The molecule has 0 saturated carbocycles. The van der Waals surface area contributed by atoms with Crippen molar-refractivity contribution in [3.63, 3.8) is 0 Å². The van der Waals surface area contributed by atoms with Crippen LogP contribution in [0.5, 0.6) is 0 Å². The van der Waals surface area contributed by atoms with Gasteiger partial charge in [0.15, 0.2) is 5.69 Å². The van der Waals surface area contributed by atoms with E-state index in [1.165, 1.54) is 6.07 Å². The number of rotatable bonds is 5. The summed E-state index contributed by atoms with van der Waals surface area (Å²) in [5, 5.41) is 0. The molecule has 1 aromatic heterocycles. The molecule has 0 amide bonds. The van der Waals surface area contributed by atoms with Crippen LogP contribution in [0.1, 0.15) is 11.3 Å². The number of anilines is 1. The van der Waals surface area contributed by atoms with Gasteiger partial charge in [-0.05, 0) is 24.3 Å². The quantitative estimate of drug-likeness (QED) is 0.322. The molecule has 2 aromatic carbocycles. The summed E-state index contributed by atoms with van der Waals surface area (Å²) in [7, 11) is 0. The topological polar surface area (TPSA) is 20.7 Å². The summed E-state index contributed by atoms with van der Waals surface area (Å²) in [6, 6.07) is 14.4. The highest BCUT2D eigenvalue weighted by atomic mass is 19.4. The molecule has 0 aliphatic rings. The lowest BCUT2D eigenvalue weighted by atomic mass is 10.1. The highest BCUT2D eigenvalue weighted by molar-refractivity contribution is 5.63. The molecular formula is C21H14F6N2O. The minimum Gasteiger partial charge on any atom is -0.459 e. The van der Waals surface area contributed by atoms with E-state index in [0.29, 0.717) is 17.4 Å². The zero-order valence-corrected chi connectivity index (χ0v) is 15.3. The Morgan fingerprint density at radius 3 is 2.20 bits per heavy atom. The molecular weight excluding hydrogens is 410 g/mol. The molecule has 9 heteroatoms. The molecule has 0 N–H and O–H groups in total. The number of alkyl halides is 6. The molecule has 3 nitrogen and oxygen atoms in total. The largest absolute Gasteiger partial charge is 0.459 e. The molecule has 0 unspecified atom stereocenters. The van der Waals surface area contributed by atoms with E-state index in [1.54, 1.807) is 36.4 Å². The van der Waals surface area contributed by atoms with Gasteiger partial charge in [-0.3, -0.25) is 0 Å². The zero-order valence-electron chi connectivity index (χ0n) is 15.3. The normalized spacial score (nSPS) is 11.9. The van der Waals surface area contributed by atoms with Crippen molar-refractivity contribution in [2.24, 2.45) is 0 Å². The number of hydrogen-bond donors (Lipinski definition) is 0. The SMILES string of the molecule is [C-]#[N+]c1ccc(N(Cc2ccc(-c3ccccc3)o2)CC(F)(F)F)cc1C(F)(F)F. The summed E-state index contributed by atoms with van der Waals surface area (Å²) in [5.41, 5.74) is -1.56. The van der Waals surface area contributed by atoms with Gasteiger partial charge in [0.05, 0.1) is 18.7 Å². The summed E-state index contributed by atoms with van der Waals surface area (Å²) >= 11 is 0. The van der Waals surface area contributed by atoms with Gasteiger partial charge < -0.3 is 9.32 Å². The smallest absolute Gasteiger partial charge is 0.407 e. The maximum Gasteiger partial charge on any atom is 0.407 e. The van der Waals surface area contributed by atoms with Crippen molar-refractivity contribution in [1.29, 1.82) is 0 Å². The van der Waals surface area contributed by atoms with Crippen molar-refractivity contribution >= 4 is 11.4 Å². The Bertz CT molecular complexity index is 1050. The van der Waals surface area contributed by atoms with Gasteiger partial charge in [0.2, 0.25) is 0 Å². The Morgan fingerprint density at radius 1 is 0.900 bits per heavy atom. The number of benzene rings is 2. The minimum atomic E-state index is -4.87. The van der Waals surface area contributed by atoms with Gasteiger partial charge in [-0.1, -0.05) is 36.4 Å². The van der Waals surface area contributed by atoms with Crippen molar-refractivity contribution in [3.05, 3.63) is 83.4 Å². The van der Waals surface area contributed by atoms with Crippen molar-refractivity contribution in [1.82, 2.24) is 0 Å². The van der Waals surface area contributed by atoms with Gasteiger partial charge in [-0.2, -0.15) is 26.3 Å². The van der Waals surface area contributed by atoms with Crippen LogP contribution in [0.25, 0.3) is 16.2 Å². The fourth-order valence-corrected chi connectivity index (χ4v) is 2.91. The first-order valence-electron chi connectivity index (χ1n) is 8.61. The van der Waals surface area contributed by atoms with Crippen LogP contribution in [0.2, 0.25) is 0 Å². The lowest BCUT2D eigenvalue weighted by Gasteiger charge is -2.26. The Hall–Kier alpha value is -3.41. The average Bonchev–Trinajstić information content (AvgIpc) is 3.14. The average molecular weight is 424 g/mol. The maximum atomic E-state index is 13.2. The maximum absolute atomic E-state index is 13.2. The molecule has 0 saturated heterocycles. The summed E-state index contributed by atoms with van der Waals surface area (Å²) < 4.78 is 84.6. The predicted octanol–water partition coefficient (Wildman–Crippen LogP) is 7.09. The van der Waals surface area contributed by atoms with E-state index in [4.69, 9.17) is 11.0 Å². The third kappa shape index (κ3) is 5.14. The Morgan fingerprint density at radius 2 is 1.60 bits per heavy atom. The van der Waals surface area contributed by atoms with Crippen LogP contribution in [0, 0.1) is 6.57 Å². The molecule has 3 aromatic rings. The van der Waals surface area contributed by atoms with Gasteiger partial charge in [0.25, 0.3) is 0 Å². The van der Waals surface area contributed by atoms with Gasteiger partial charge in [0, 0.05) is 11.3 Å². The Balaban J connectivity index is 1.95. The third-order valence-corrected chi connectivity index (χ3v) is 4.21. The van der Waals surface area contributed by atoms with E-state index in [-0.39, 0.29) is 11.4 Å². The van der Waals surface area contributed by atoms with Crippen molar-refractivity contribution < 1.29 is 30.8 Å². The van der Waals surface area contributed by atoms with E-state index in [0.717, 1.165) is 17.0 Å². The van der Waals surface area contributed by atoms with Crippen LogP contribution < -0.4 is 4.90 Å². The Kier molecular flexibility index (Phi) is 5.78. The molecule has 0 atom stereocenters. The molecule has 0 fully saturated rings. The first-order valence-corrected chi connectivity index (χ1v) is 8.61. The number of nitrogens with zero attached hydrogens (tertiary/aromatic N) is 2. The highest BCUT2D eigenvalue weighted by Crippen LogP contribution is 2.39. The Labute approximate surface area is 168 Å². The lowest BCUT2D eigenvalue weighted by Crippen LogP contribution is -2.33. The first kappa shape index (κ1) is 21.3. The predicted molar refractivity (Wildman–Crippen MR) is 99.0 cm³/mol. The molecule has 1 heterocycles. The van der Waals surface area contributed by atoms with Gasteiger partial charge >= 0.3 is 12.4 Å². The summed E-state index contributed by atoms with van der Waals surface area (Å²) in [5.74, 6) is 0.581. The fraction of sp³-hybridized carbons (Fsp3) is 0.190. The zero-order chi connectivity index (χ0) is 21.9. The fourth-order valence-electron chi connectivity index (χ4n) is 2.91. The van der Waals surface area contributed by atoms with Crippen LogP contribution in [0.4, 0.5) is 37.7 Å². The second kappa shape index (κ2) is 8.14. The second-order valence-corrected chi connectivity index (χ2v) is 6.41. The van der Waals surface area contributed by atoms with Crippen LogP contribution in [-0.4, -0.2) is 12.7 Å². The van der Waals surface area contributed by atoms with Gasteiger partial charge in [-0.15, -0.1) is 0 Å². The van der Waals surface area contributed by atoms with E-state index in [2.05, 4.69) is 4.85 Å². The molecule has 0 aliphatic carbocycles. The summed E-state index contributed by atoms with van der Waals surface area (Å²) in [6.45, 7) is 4.98. The lowest BCUT2D eigenvalue weighted by molar-refractivity contribution is -0.136. The monoisotopic (exact) mass is 424 g/mol. The molecule has 0 bridgehead atoms. The third-order valence-electron chi connectivity index (χ3n) is 4.21. The first-order chi connectivity index (χ1) is 14.1. The summed E-state index contributed by atoms with van der Waals surface area (Å²) in [6.07, 6.45) is -9.53. The number of halogens is 6. The van der Waals surface area contributed by atoms with E-state index < -0.39 is 36.7 Å².